The van der Waals surface area contributed by atoms with Gasteiger partial charge in [-0.1, -0.05) is 33.8 Å². The average Bonchev–Trinajstić information content (AvgIpc) is 3.11. The summed E-state index contributed by atoms with van der Waals surface area (Å²) in [6.07, 6.45) is 0. The Morgan fingerprint density at radius 2 is 2.09 bits per heavy atom. The van der Waals surface area contributed by atoms with Gasteiger partial charge in [0.1, 0.15) is 5.82 Å². The molecule has 1 aromatic carbocycles. The maximum absolute atomic E-state index is 5.71. The summed E-state index contributed by atoms with van der Waals surface area (Å²) in [6, 6.07) is 7.77. The third-order valence-electron chi connectivity index (χ3n) is 3.08. The Labute approximate surface area is 140 Å². The van der Waals surface area contributed by atoms with Crippen LogP contribution >= 0.6 is 27.7 Å². The van der Waals surface area contributed by atoms with Gasteiger partial charge < -0.3 is 8.98 Å². The lowest BCUT2D eigenvalue weighted by Crippen LogP contribution is -1.99. The van der Waals surface area contributed by atoms with Gasteiger partial charge in [-0.15, -0.1) is 20.4 Å². The van der Waals surface area contributed by atoms with Crippen LogP contribution in [0.15, 0.2) is 38.3 Å². The molecule has 8 heteroatoms. The molecule has 2 heterocycles. The monoisotopic (exact) mass is 379 g/mol. The molecule has 0 aliphatic carbocycles. The lowest BCUT2D eigenvalue weighted by atomic mass is 10.2. The van der Waals surface area contributed by atoms with Gasteiger partial charge in [-0.2, -0.15) is 0 Å². The first kappa shape index (κ1) is 15.2. The summed E-state index contributed by atoms with van der Waals surface area (Å²) in [5.74, 6) is 2.57. The Hall–Kier alpha value is -1.67. The van der Waals surface area contributed by atoms with Crippen LogP contribution in [0.5, 0.6) is 0 Å². The predicted molar refractivity (Wildman–Crippen MR) is 87.4 cm³/mol. The first-order valence-corrected chi connectivity index (χ1v) is 8.56. The second kappa shape index (κ2) is 6.62. The van der Waals surface area contributed by atoms with Crippen molar-refractivity contribution in [1.82, 2.24) is 25.0 Å². The SMILES string of the molecule is CCn1c(C)nnc1SCc1nnc(-c2cccc(Br)c2)o1. The van der Waals surface area contributed by atoms with E-state index in [-0.39, 0.29) is 0 Å². The summed E-state index contributed by atoms with van der Waals surface area (Å²) in [5.41, 5.74) is 0.894. The summed E-state index contributed by atoms with van der Waals surface area (Å²) in [6.45, 7) is 4.85. The van der Waals surface area contributed by atoms with Gasteiger partial charge in [0.05, 0.1) is 5.75 Å². The fourth-order valence-corrected chi connectivity index (χ4v) is 3.29. The van der Waals surface area contributed by atoms with Crippen LogP contribution in [0.1, 0.15) is 18.6 Å². The highest BCUT2D eigenvalue weighted by Crippen LogP contribution is 2.25. The summed E-state index contributed by atoms with van der Waals surface area (Å²) >= 11 is 4.97. The van der Waals surface area contributed by atoms with Gasteiger partial charge in [0.25, 0.3) is 0 Å². The Balaban J connectivity index is 1.72. The van der Waals surface area contributed by atoms with Gasteiger partial charge in [0, 0.05) is 16.6 Å². The fourth-order valence-electron chi connectivity index (χ4n) is 2.01. The number of halogens is 1. The van der Waals surface area contributed by atoms with Crippen molar-refractivity contribution < 1.29 is 4.42 Å². The number of aryl methyl sites for hydroxylation is 1. The summed E-state index contributed by atoms with van der Waals surface area (Å²) in [7, 11) is 0. The van der Waals surface area contributed by atoms with E-state index in [0.29, 0.717) is 17.5 Å². The number of hydrogen-bond donors (Lipinski definition) is 0. The second-order valence-corrected chi connectivity index (χ2v) is 6.43. The van der Waals surface area contributed by atoms with E-state index < -0.39 is 0 Å². The molecule has 3 rings (SSSR count). The molecule has 0 fully saturated rings. The Bertz CT molecular complexity index is 785. The van der Waals surface area contributed by atoms with Crippen molar-refractivity contribution in [2.24, 2.45) is 0 Å². The minimum absolute atomic E-state index is 0.519. The van der Waals surface area contributed by atoms with Gasteiger partial charge in [-0.05, 0) is 32.0 Å². The number of aromatic nitrogens is 5. The first-order valence-electron chi connectivity index (χ1n) is 6.78. The molecule has 0 spiro atoms. The molecule has 0 amide bonds. The van der Waals surface area contributed by atoms with E-state index >= 15 is 0 Å². The van der Waals surface area contributed by atoms with Crippen LogP contribution in [-0.2, 0) is 12.3 Å². The lowest BCUT2D eigenvalue weighted by molar-refractivity contribution is 0.528. The third-order valence-corrected chi connectivity index (χ3v) is 4.53. The Morgan fingerprint density at radius 1 is 1.23 bits per heavy atom. The molecule has 0 aliphatic rings. The van der Waals surface area contributed by atoms with Crippen LogP contribution < -0.4 is 0 Å². The number of nitrogens with zero attached hydrogens (tertiary/aromatic N) is 5. The minimum Gasteiger partial charge on any atom is -0.420 e. The summed E-state index contributed by atoms with van der Waals surface area (Å²) < 4.78 is 8.73. The quantitative estimate of drug-likeness (QED) is 0.629. The van der Waals surface area contributed by atoms with Crippen molar-refractivity contribution >= 4 is 27.7 Å². The van der Waals surface area contributed by atoms with Crippen LogP contribution in [0.3, 0.4) is 0 Å². The molecule has 6 nitrogen and oxygen atoms in total. The molecule has 22 heavy (non-hydrogen) atoms. The molecule has 3 aromatic rings. The fraction of sp³-hybridized carbons (Fsp3) is 0.286. The molecule has 0 saturated carbocycles. The van der Waals surface area contributed by atoms with Crippen molar-refractivity contribution in [2.75, 3.05) is 0 Å². The molecule has 0 atom stereocenters. The maximum Gasteiger partial charge on any atom is 0.247 e. The topological polar surface area (TPSA) is 69.6 Å². The van der Waals surface area contributed by atoms with E-state index in [1.807, 2.05) is 31.2 Å². The van der Waals surface area contributed by atoms with E-state index in [1.165, 1.54) is 0 Å². The van der Waals surface area contributed by atoms with Crippen LogP contribution in [-0.4, -0.2) is 25.0 Å². The van der Waals surface area contributed by atoms with Crippen LogP contribution in [0, 0.1) is 6.92 Å². The number of rotatable bonds is 5. The first-order chi connectivity index (χ1) is 10.7. The number of thioether (sulfide) groups is 1. The van der Waals surface area contributed by atoms with Crippen LogP contribution in [0.4, 0.5) is 0 Å². The van der Waals surface area contributed by atoms with Crippen molar-refractivity contribution in [2.45, 2.75) is 31.3 Å². The predicted octanol–water partition coefficient (Wildman–Crippen LogP) is 3.71. The van der Waals surface area contributed by atoms with Gasteiger partial charge >= 0.3 is 0 Å². The second-order valence-electron chi connectivity index (χ2n) is 4.57. The zero-order chi connectivity index (χ0) is 15.5. The van der Waals surface area contributed by atoms with Crippen molar-refractivity contribution in [3.63, 3.8) is 0 Å². The molecule has 0 N–H and O–H groups in total. The van der Waals surface area contributed by atoms with Crippen LogP contribution in [0.2, 0.25) is 0 Å². The average molecular weight is 380 g/mol. The molecule has 0 saturated heterocycles. The van der Waals surface area contributed by atoms with Gasteiger partial charge in [-0.25, -0.2) is 0 Å². The zero-order valence-electron chi connectivity index (χ0n) is 12.2. The van der Waals surface area contributed by atoms with Crippen molar-refractivity contribution in [3.05, 3.63) is 40.5 Å². The molecule has 0 unspecified atom stereocenters. The molecular weight excluding hydrogens is 366 g/mol. The standard InChI is InChI=1S/C14H14BrN5OS/c1-3-20-9(2)16-19-14(20)22-8-12-17-18-13(21-12)10-5-4-6-11(15)7-10/h4-7H,3,8H2,1-2H3. The van der Waals surface area contributed by atoms with E-state index in [1.54, 1.807) is 11.8 Å². The summed E-state index contributed by atoms with van der Waals surface area (Å²) in [4.78, 5) is 0. The Morgan fingerprint density at radius 3 is 2.86 bits per heavy atom. The number of hydrogen-bond acceptors (Lipinski definition) is 6. The largest absolute Gasteiger partial charge is 0.420 e. The molecule has 2 aromatic heterocycles. The van der Waals surface area contributed by atoms with E-state index in [2.05, 4.69) is 47.8 Å². The number of benzene rings is 1. The van der Waals surface area contributed by atoms with E-state index in [0.717, 1.165) is 27.6 Å². The maximum atomic E-state index is 5.71. The molecule has 114 valence electrons. The molecular formula is C14H14BrN5OS. The van der Waals surface area contributed by atoms with Crippen molar-refractivity contribution in [1.29, 1.82) is 0 Å². The van der Waals surface area contributed by atoms with E-state index in [9.17, 15) is 0 Å². The highest BCUT2D eigenvalue weighted by molar-refractivity contribution is 9.10. The minimum atomic E-state index is 0.519. The van der Waals surface area contributed by atoms with Crippen molar-refractivity contribution in [3.8, 4) is 11.5 Å². The zero-order valence-corrected chi connectivity index (χ0v) is 14.6. The smallest absolute Gasteiger partial charge is 0.247 e. The van der Waals surface area contributed by atoms with Crippen LogP contribution in [0.25, 0.3) is 11.5 Å². The van der Waals surface area contributed by atoms with E-state index in [4.69, 9.17) is 4.42 Å². The Kier molecular flexibility index (Phi) is 4.58. The van der Waals surface area contributed by atoms with Gasteiger partial charge in [-0.3, -0.25) is 0 Å². The molecule has 0 aliphatic heterocycles. The van der Waals surface area contributed by atoms with Gasteiger partial charge in [0.2, 0.25) is 11.8 Å². The summed E-state index contributed by atoms with van der Waals surface area (Å²) in [5, 5.41) is 17.3. The highest BCUT2D eigenvalue weighted by atomic mass is 79.9. The highest BCUT2D eigenvalue weighted by Gasteiger charge is 2.12. The van der Waals surface area contributed by atoms with Gasteiger partial charge in [0.15, 0.2) is 5.16 Å². The lowest BCUT2D eigenvalue weighted by Gasteiger charge is -2.02. The normalized spacial score (nSPS) is 11.0. The molecule has 0 radical (unpaired) electrons. The third kappa shape index (κ3) is 3.22. The molecule has 0 bridgehead atoms.